The molecule has 1 aromatic carbocycles. The first kappa shape index (κ1) is 14.0. The Labute approximate surface area is 108 Å². The molecular weight excluding hydrogens is 228 g/mol. The fourth-order valence-electron chi connectivity index (χ4n) is 1.27. The summed E-state index contributed by atoms with van der Waals surface area (Å²) in [5, 5.41) is 0. The second-order valence-corrected chi connectivity index (χ2v) is 3.70. The van der Waals surface area contributed by atoms with E-state index >= 15 is 0 Å². The number of carbonyl (C=O) groups is 1. The third kappa shape index (κ3) is 5.34. The molecule has 0 aliphatic rings. The summed E-state index contributed by atoms with van der Waals surface area (Å²) >= 11 is 0. The number of rotatable bonds is 6. The molecule has 0 aliphatic heterocycles. The predicted molar refractivity (Wildman–Crippen MR) is 72.2 cm³/mol. The van der Waals surface area contributed by atoms with Crippen molar-refractivity contribution in [3.05, 3.63) is 48.2 Å². The molecule has 0 aliphatic carbocycles. The summed E-state index contributed by atoms with van der Waals surface area (Å²) in [5.41, 5.74) is 0.922. The molecule has 0 saturated carbocycles. The van der Waals surface area contributed by atoms with Gasteiger partial charge in [0, 0.05) is 6.08 Å². The summed E-state index contributed by atoms with van der Waals surface area (Å²) < 4.78 is 9.93. The van der Waals surface area contributed by atoms with Crippen LogP contribution in [0, 0.1) is 0 Å². The molecule has 0 spiro atoms. The van der Waals surface area contributed by atoms with Gasteiger partial charge in [-0.25, -0.2) is 4.79 Å². The third-order valence-electron chi connectivity index (χ3n) is 2.26. The first-order chi connectivity index (χ1) is 8.76. The molecule has 1 aromatic rings. The van der Waals surface area contributed by atoms with Crippen molar-refractivity contribution in [3.63, 3.8) is 0 Å². The second-order valence-electron chi connectivity index (χ2n) is 3.70. The van der Waals surface area contributed by atoms with Gasteiger partial charge in [0.15, 0.2) is 0 Å². The summed E-state index contributed by atoms with van der Waals surface area (Å²) in [4.78, 5) is 11.3. The minimum Gasteiger partial charge on any atom is -0.497 e. The van der Waals surface area contributed by atoms with Gasteiger partial charge in [-0.05, 0) is 36.3 Å². The molecule has 0 heterocycles. The summed E-state index contributed by atoms with van der Waals surface area (Å²) in [5.74, 6) is 0.412. The van der Waals surface area contributed by atoms with Gasteiger partial charge in [-0.15, -0.1) is 0 Å². The van der Waals surface area contributed by atoms with Crippen LogP contribution in [-0.2, 0) is 9.53 Å². The average molecular weight is 246 g/mol. The maximum absolute atomic E-state index is 11.3. The van der Waals surface area contributed by atoms with Gasteiger partial charge in [-0.1, -0.05) is 25.5 Å². The van der Waals surface area contributed by atoms with Crippen molar-refractivity contribution in [3.8, 4) is 5.75 Å². The minimum atomic E-state index is -0.377. The molecule has 0 aromatic heterocycles. The van der Waals surface area contributed by atoms with Gasteiger partial charge in [-0.2, -0.15) is 0 Å². The van der Waals surface area contributed by atoms with Crippen molar-refractivity contribution in [2.75, 3.05) is 7.11 Å². The first-order valence-electron chi connectivity index (χ1n) is 5.94. The highest BCUT2D eigenvalue weighted by Crippen LogP contribution is 2.12. The van der Waals surface area contributed by atoms with Crippen LogP contribution in [0.2, 0.25) is 0 Å². The number of benzene rings is 1. The van der Waals surface area contributed by atoms with E-state index in [1.165, 1.54) is 12.3 Å². The Hall–Kier alpha value is -2.03. The van der Waals surface area contributed by atoms with Crippen LogP contribution in [0.15, 0.2) is 42.7 Å². The molecule has 0 amide bonds. The van der Waals surface area contributed by atoms with Crippen LogP contribution in [-0.4, -0.2) is 13.1 Å². The van der Waals surface area contributed by atoms with Gasteiger partial charge in [0.2, 0.25) is 0 Å². The first-order valence-corrected chi connectivity index (χ1v) is 5.94. The smallest absolute Gasteiger partial charge is 0.335 e. The monoisotopic (exact) mass is 246 g/mol. The molecule has 0 atom stereocenters. The largest absolute Gasteiger partial charge is 0.497 e. The van der Waals surface area contributed by atoms with E-state index in [0.717, 1.165) is 24.2 Å². The Morgan fingerprint density at radius 3 is 2.61 bits per heavy atom. The van der Waals surface area contributed by atoms with Gasteiger partial charge in [0.1, 0.15) is 5.75 Å². The Kier molecular flexibility index (Phi) is 6.33. The molecule has 3 heteroatoms. The van der Waals surface area contributed by atoms with Crippen molar-refractivity contribution in [2.24, 2.45) is 0 Å². The van der Waals surface area contributed by atoms with Crippen LogP contribution in [0.4, 0.5) is 0 Å². The van der Waals surface area contributed by atoms with Crippen molar-refractivity contribution < 1.29 is 14.3 Å². The molecule has 0 fully saturated rings. The number of carbonyl (C=O) groups excluding carboxylic acids is 1. The highest BCUT2D eigenvalue weighted by atomic mass is 16.5. The van der Waals surface area contributed by atoms with Crippen molar-refractivity contribution in [2.45, 2.75) is 19.8 Å². The standard InChI is InChI=1S/C15H18O3/c1-3-4-5-12-18-15(16)11-8-13-6-9-14(17-2)10-7-13/h5-12H,3-4H2,1-2H3. The average Bonchev–Trinajstić information content (AvgIpc) is 2.42. The van der Waals surface area contributed by atoms with Crippen LogP contribution in [0.1, 0.15) is 25.3 Å². The van der Waals surface area contributed by atoms with Crippen LogP contribution in [0.25, 0.3) is 6.08 Å². The Balaban J connectivity index is 2.44. The van der Waals surface area contributed by atoms with E-state index in [1.54, 1.807) is 13.2 Å². The molecule has 0 saturated heterocycles. The molecule has 0 unspecified atom stereocenters. The van der Waals surface area contributed by atoms with Gasteiger partial charge >= 0.3 is 5.97 Å². The normalized spacial score (nSPS) is 11.0. The molecule has 18 heavy (non-hydrogen) atoms. The van der Waals surface area contributed by atoms with Crippen LogP contribution >= 0.6 is 0 Å². The number of methoxy groups -OCH3 is 1. The fourth-order valence-corrected chi connectivity index (χ4v) is 1.27. The predicted octanol–water partition coefficient (Wildman–Crippen LogP) is 3.57. The van der Waals surface area contributed by atoms with Crippen LogP contribution in [0.5, 0.6) is 5.75 Å². The van der Waals surface area contributed by atoms with Crippen molar-refractivity contribution >= 4 is 12.0 Å². The molecule has 0 radical (unpaired) electrons. The van der Waals surface area contributed by atoms with E-state index in [9.17, 15) is 4.79 Å². The number of unbranched alkanes of at least 4 members (excludes halogenated alkanes) is 1. The van der Waals surface area contributed by atoms with Crippen molar-refractivity contribution in [1.29, 1.82) is 0 Å². The lowest BCUT2D eigenvalue weighted by Gasteiger charge is -1.98. The quantitative estimate of drug-likeness (QED) is 0.437. The lowest BCUT2D eigenvalue weighted by Crippen LogP contribution is -1.93. The number of ether oxygens (including phenoxy) is 2. The molecular formula is C15H18O3. The zero-order valence-corrected chi connectivity index (χ0v) is 10.8. The fraction of sp³-hybridized carbons (Fsp3) is 0.267. The summed E-state index contributed by atoms with van der Waals surface area (Å²) in [6.07, 6.45) is 8.32. The van der Waals surface area contributed by atoms with Crippen molar-refractivity contribution in [1.82, 2.24) is 0 Å². The van der Waals surface area contributed by atoms with E-state index in [4.69, 9.17) is 9.47 Å². The maximum atomic E-state index is 11.3. The molecule has 1 rings (SSSR count). The molecule has 0 bridgehead atoms. The van der Waals surface area contributed by atoms with E-state index in [0.29, 0.717) is 0 Å². The highest BCUT2D eigenvalue weighted by Gasteiger charge is 1.94. The third-order valence-corrected chi connectivity index (χ3v) is 2.26. The molecule has 0 N–H and O–H groups in total. The SMILES string of the molecule is CCCC=COC(=O)C=Cc1ccc(OC)cc1. The Morgan fingerprint density at radius 1 is 1.28 bits per heavy atom. The van der Waals surface area contributed by atoms with Gasteiger partial charge in [0.05, 0.1) is 13.4 Å². The Bertz CT molecular complexity index is 416. The highest BCUT2D eigenvalue weighted by molar-refractivity contribution is 5.87. The summed E-state index contributed by atoms with van der Waals surface area (Å²) in [6, 6.07) is 7.42. The summed E-state index contributed by atoms with van der Waals surface area (Å²) in [7, 11) is 1.62. The topological polar surface area (TPSA) is 35.5 Å². The summed E-state index contributed by atoms with van der Waals surface area (Å²) in [6.45, 7) is 2.07. The minimum absolute atomic E-state index is 0.377. The van der Waals surface area contributed by atoms with E-state index in [-0.39, 0.29) is 5.97 Å². The zero-order valence-electron chi connectivity index (χ0n) is 10.8. The number of esters is 1. The Morgan fingerprint density at radius 2 is 2.00 bits per heavy atom. The lowest BCUT2D eigenvalue weighted by molar-refractivity contribution is -0.132. The molecule has 96 valence electrons. The van der Waals surface area contributed by atoms with Crippen LogP contribution in [0.3, 0.4) is 0 Å². The maximum Gasteiger partial charge on any atom is 0.335 e. The van der Waals surface area contributed by atoms with E-state index in [1.807, 2.05) is 30.3 Å². The van der Waals surface area contributed by atoms with Crippen LogP contribution < -0.4 is 4.74 Å². The number of hydrogen-bond acceptors (Lipinski definition) is 3. The molecule has 3 nitrogen and oxygen atoms in total. The van der Waals surface area contributed by atoms with E-state index < -0.39 is 0 Å². The lowest BCUT2D eigenvalue weighted by atomic mass is 10.2. The van der Waals surface area contributed by atoms with Gasteiger partial charge < -0.3 is 9.47 Å². The number of allylic oxidation sites excluding steroid dienone is 1. The zero-order chi connectivity index (χ0) is 13.2. The van der Waals surface area contributed by atoms with Gasteiger partial charge in [-0.3, -0.25) is 0 Å². The number of hydrogen-bond donors (Lipinski definition) is 0. The van der Waals surface area contributed by atoms with E-state index in [2.05, 4.69) is 6.92 Å². The second kappa shape index (κ2) is 8.12. The van der Waals surface area contributed by atoms with Gasteiger partial charge in [0.25, 0.3) is 0 Å².